The average Bonchev–Trinajstić information content (AvgIpc) is 3.42. The van der Waals surface area contributed by atoms with Crippen LogP contribution < -0.4 is 5.32 Å². The van der Waals surface area contributed by atoms with Crippen LogP contribution in [0.3, 0.4) is 0 Å². The van der Waals surface area contributed by atoms with E-state index >= 15 is 0 Å². The molecule has 0 bridgehead atoms. The second-order valence-electron chi connectivity index (χ2n) is 7.43. The van der Waals surface area contributed by atoms with Crippen LogP contribution in [0.15, 0.2) is 46.6 Å². The number of carbonyl (C=O) groups is 2. The SMILES string of the molecule is Cc1ccc(-c2csc(NC(=O)[C@H]3CCCN(C(=O)c4ccoc4)C3)n2)cc1C. The number of benzene rings is 1. The highest BCUT2D eigenvalue weighted by atomic mass is 32.1. The van der Waals surface area contributed by atoms with Crippen molar-refractivity contribution in [1.82, 2.24) is 9.88 Å². The summed E-state index contributed by atoms with van der Waals surface area (Å²) in [5.41, 5.74) is 4.87. The summed E-state index contributed by atoms with van der Waals surface area (Å²) in [5.74, 6) is -0.424. The molecule has 0 saturated carbocycles. The highest BCUT2D eigenvalue weighted by Gasteiger charge is 2.29. The molecule has 29 heavy (non-hydrogen) atoms. The molecule has 1 saturated heterocycles. The minimum absolute atomic E-state index is 0.0873. The molecule has 2 aromatic heterocycles. The van der Waals surface area contributed by atoms with Gasteiger partial charge < -0.3 is 14.6 Å². The van der Waals surface area contributed by atoms with Crippen LogP contribution >= 0.6 is 11.3 Å². The third-order valence-corrected chi connectivity index (χ3v) is 6.14. The summed E-state index contributed by atoms with van der Waals surface area (Å²) >= 11 is 1.42. The van der Waals surface area contributed by atoms with E-state index in [1.54, 1.807) is 11.0 Å². The van der Waals surface area contributed by atoms with Gasteiger partial charge in [-0.25, -0.2) is 4.98 Å². The van der Waals surface area contributed by atoms with Gasteiger partial charge in [0, 0.05) is 24.0 Å². The molecule has 1 aliphatic rings. The van der Waals surface area contributed by atoms with E-state index in [1.165, 1.54) is 35.0 Å². The van der Waals surface area contributed by atoms with Crippen LogP contribution in [-0.4, -0.2) is 34.8 Å². The third kappa shape index (κ3) is 4.24. The summed E-state index contributed by atoms with van der Waals surface area (Å²) in [5, 5.41) is 5.47. The van der Waals surface area contributed by atoms with Gasteiger partial charge in [0.05, 0.1) is 23.4 Å². The predicted molar refractivity (Wildman–Crippen MR) is 113 cm³/mol. The van der Waals surface area contributed by atoms with Gasteiger partial charge in [0.1, 0.15) is 6.26 Å². The molecule has 1 atom stereocenters. The third-order valence-electron chi connectivity index (χ3n) is 5.38. The number of carbonyl (C=O) groups excluding carboxylic acids is 2. The minimum Gasteiger partial charge on any atom is -0.472 e. The highest BCUT2D eigenvalue weighted by molar-refractivity contribution is 7.14. The first-order chi connectivity index (χ1) is 14.0. The van der Waals surface area contributed by atoms with Crippen molar-refractivity contribution >= 4 is 28.3 Å². The number of nitrogens with zero attached hydrogens (tertiary/aromatic N) is 2. The fourth-order valence-corrected chi connectivity index (χ4v) is 4.24. The van der Waals surface area contributed by atoms with Gasteiger partial charge in [0.25, 0.3) is 5.91 Å². The molecule has 150 valence electrons. The zero-order valence-corrected chi connectivity index (χ0v) is 17.3. The Bertz CT molecular complexity index is 1030. The molecule has 1 aromatic carbocycles. The first-order valence-corrected chi connectivity index (χ1v) is 10.5. The second-order valence-corrected chi connectivity index (χ2v) is 8.29. The van der Waals surface area contributed by atoms with Gasteiger partial charge in [-0.05, 0) is 49.9 Å². The Kier molecular flexibility index (Phi) is 5.49. The lowest BCUT2D eigenvalue weighted by Crippen LogP contribution is -2.43. The fourth-order valence-electron chi connectivity index (χ4n) is 3.52. The van der Waals surface area contributed by atoms with E-state index in [2.05, 4.69) is 36.3 Å². The van der Waals surface area contributed by atoms with Gasteiger partial charge in [0.2, 0.25) is 5.91 Å². The van der Waals surface area contributed by atoms with Crippen LogP contribution in [0.25, 0.3) is 11.3 Å². The number of rotatable bonds is 4. The number of hydrogen-bond acceptors (Lipinski definition) is 5. The Labute approximate surface area is 173 Å². The standard InChI is InChI=1S/C22H23N3O3S/c1-14-5-6-16(10-15(14)2)19-13-29-22(23-19)24-20(26)17-4-3-8-25(11-17)21(27)18-7-9-28-12-18/h5-7,9-10,12-13,17H,3-4,8,11H2,1-2H3,(H,23,24,26)/t17-/m0/s1. The molecule has 3 heterocycles. The number of thiazole rings is 1. The molecule has 1 fully saturated rings. The topological polar surface area (TPSA) is 75.4 Å². The van der Waals surface area contributed by atoms with E-state index < -0.39 is 0 Å². The normalized spacial score (nSPS) is 16.6. The Morgan fingerprint density at radius 2 is 2.10 bits per heavy atom. The maximum Gasteiger partial charge on any atom is 0.257 e. The number of piperidine rings is 1. The van der Waals surface area contributed by atoms with Gasteiger partial charge in [-0.1, -0.05) is 12.1 Å². The summed E-state index contributed by atoms with van der Waals surface area (Å²) in [6, 6.07) is 7.88. The summed E-state index contributed by atoms with van der Waals surface area (Å²) in [6.45, 7) is 5.22. The lowest BCUT2D eigenvalue weighted by molar-refractivity contribution is -0.121. The summed E-state index contributed by atoms with van der Waals surface area (Å²) < 4.78 is 5.00. The Balaban J connectivity index is 1.41. The van der Waals surface area contributed by atoms with Crippen LogP contribution in [0.2, 0.25) is 0 Å². The van der Waals surface area contributed by atoms with Crippen LogP contribution in [0.4, 0.5) is 5.13 Å². The van der Waals surface area contributed by atoms with Crippen molar-refractivity contribution in [3.05, 3.63) is 58.9 Å². The van der Waals surface area contributed by atoms with E-state index in [-0.39, 0.29) is 17.7 Å². The Morgan fingerprint density at radius 3 is 2.86 bits per heavy atom. The number of likely N-dealkylation sites (tertiary alicyclic amines) is 1. The lowest BCUT2D eigenvalue weighted by atomic mass is 9.97. The maximum atomic E-state index is 12.8. The van der Waals surface area contributed by atoms with Gasteiger partial charge in [0.15, 0.2) is 5.13 Å². The molecular formula is C22H23N3O3S. The Morgan fingerprint density at radius 1 is 1.24 bits per heavy atom. The van der Waals surface area contributed by atoms with E-state index in [0.717, 1.165) is 24.1 Å². The van der Waals surface area contributed by atoms with Crippen molar-refractivity contribution in [2.45, 2.75) is 26.7 Å². The van der Waals surface area contributed by atoms with Crippen molar-refractivity contribution < 1.29 is 14.0 Å². The molecule has 2 amide bonds. The number of anilines is 1. The molecule has 1 N–H and O–H groups in total. The van der Waals surface area contributed by atoms with Crippen molar-refractivity contribution in [2.24, 2.45) is 5.92 Å². The summed E-state index contributed by atoms with van der Waals surface area (Å²) in [6.07, 6.45) is 4.48. The molecule has 4 rings (SSSR count). The number of furan rings is 1. The quantitative estimate of drug-likeness (QED) is 0.688. The number of nitrogens with one attached hydrogen (secondary N) is 1. The van der Waals surface area contributed by atoms with Crippen molar-refractivity contribution in [3.8, 4) is 11.3 Å². The van der Waals surface area contributed by atoms with Gasteiger partial charge in [-0.15, -0.1) is 11.3 Å². The number of hydrogen-bond donors (Lipinski definition) is 1. The van der Waals surface area contributed by atoms with E-state index in [4.69, 9.17) is 4.42 Å². The van der Waals surface area contributed by atoms with Crippen LogP contribution in [0.5, 0.6) is 0 Å². The van der Waals surface area contributed by atoms with Crippen molar-refractivity contribution in [1.29, 1.82) is 0 Å². The minimum atomic E-state index is -0.242. The largest absolute Gasteiger partial charge is 0.472 e. The molecule has 7 heteroatoms. The molecule has 1 aliphatic heterocycles. The van der Waals surface area contributed by atoms with E-state index in [1.807, 2.05) is 11.4 Å². The monoisotopic (exact) mass is 409 g/mol. The number of amides is 2. The molecule has 0 spiro atoms. The van der Waals surface area contributed by atoms with Gasteiger partial charge >= 0.3 is 0 Å². The molecule has 0 radical (unpaired) electrons. The maximum absolute atomic E-state index is 12.8. The molecular weight excluding hydrogens is 386 g/mol. The zero-order valence-electron chi connectivity index (χ0n) is 16.5. The highest BCUT2D eigenvalue weighted by Crippen LogP contribution is 2.27. The van der Waals surface area contributed by atoms with E-state index in [9.17, 15) is 9.59 Å². The first-order valence-electron chi connectivity index (χ1n) is 9.67. The van der Waals surface area contributed by atoms with Crippen LogP contribution in [0, 0.1) is 19.8 Å². The smallest absolute Gasteiger partial charge is 0.257 e. The van der Waals surface area contributed by atoms with Crippen molar-refractivity contribution in [2.75, 3.05) is 18.4 Å². The number of aryl methyl sites for hydroxylation is 2. The van der Waals surface area contributed by atoms with Crippen LogP contribution in [0.1, 0.15) is 34.3 Å². The fraction of sp³-hybridized carbons (Fsp3) is 0.318. The number of aromatic nitrogens is 1. The van der Waals surface area contributed by atoms with Crippen LogP contribution in [-0.2, 0) is 4.79 Å². The summed E-state index contributed by atoms with van der Waals surface area (Å²) in [7, 11) is 0. The zero-order chi connectivity index (χ0) is 20.4. The average molecular weight is 410 g/mol. The molecule has 0 aliphatic carbocycles. The van der Waals surface area contributed by atoms with Gasteiger partial charge in [-0.2, -0.15) is 0 Å². The molecule has 3 aromatic rings. The lowest BCUT2D eigenvalue weighted by Gasteiger charge is -2.31. The second kappa shape index (κ2) is 8.21. The molecule has 6 nitrogen and oxygen atoms in total. The first kappa shape index (κ1) is 19.4. The van der Waals surface area contributed by atoms with E-state index in [0.29, 0.717) is 23.8 Å². The van der Waals surface area contributed by atoms with Crippen molar-refractivity contribution in [3.63, 3.8) is 0 Å². The predicted octanol–water partition coefficient (Wildman–Crippen LogP) is 4.51. The Hall–Kier alpha value is -2.93. The summed E-state index contributed by atoms with van der Waals surface area (Å²) in [4.78, 5) is 31.6. The van der Waals surface area contributed by atoms with Gasteiger partial charge in [-0.3, -0.25) is 9.59 Å². The molecule has 0 unspecified atom stereocenters.